The minimum Gasteiger partial charge on any atom is -0.482 e. The van der Waals surface area contributed by atoms with Gasteiger partial charge < -0.3 is 4.74 Å². The number of hydrogen-bond acceptors (Lipinski definition) is 3. The van der Waals surface area contributed by atoms with Gasteiger partial charge in [-0.05, 0) is 18.9 Å². The van der Waals surface area contributed by atoms with Crippen molar-refractivity contribution in [1.82, 2.24) is 10.4 Å². The summed E-state index contributed by atoms with van der Waals surface area (Å²) in [6, 6.07) is 2.99. The highest BCUT2D eigenvalue weighted by molar-refractivity contribution is 6.43. The zero-order valence-corrected chi connectivity index (χ0v) is 13.1. The normalized spacial score (nSPS) is 15.9. The largest absolute Gasteiger partial charge is 0.482 e. The maximum Gasteiger partial charge on any atom is 0.272 e. The van der Waals surface area contributed by atoms with Gasteiger partial charge >= 0.3 is 0 Å². The van der Waals surface area contributed by atoms with Gasteiger partial charge in [0.1, 0.15) is 5.75 Å². The van der Waals surface area contributed by atoms with Crippen molar-refractivity contribution in [2.45, 2.75) is 19.3 Å². The lowest BCUT2D eigenvalue weighted by Gasteiger charge is -2.26. The molecule has 4 nitrogen and oxygen atoms in total. The zero-order valence-electron chi connectivity index (χ0n) is 10.8. The highest BCUT2D eigenvalue weighted by atomic mass is 35.5. The van der Waals surface area contributed by atoms with Gasteiger partial charge in [-0.1, -0.05) is 41.2 Å². The fourth-order valence-corrected chi connectivity index (χ4v) is 2.56. The summed E-state index contributed by atoms with van der Waals surface area (Å²) in [6.07, 6.45) is 3.40. The molecular weight excluding hydrogens is 323 g/mol. The van der Waals surface area contributed by atoms with Gasteiger partial charge in [0.05, 0.1) is 15.1 Å². The quantitative estimate of drug-likeness (QED) is 0.854. The number of rotatable bonds is 4. The topological polar surface area (TPSA) is 41.6 Å². The summed E-state index contributed by atoms with van der Waals surface area (Å²) in [5, 5.41) is 2.92. The van der Waals surface area contributed by atoms with Gasteiger partial charge in [0, 0.05) is 19.2 Å². The maximum atomic E-state index is 11.8. The number of nitrogens with one attached hydrogen (secondary N) is 1. The minimum absolute atomic E-state index is 0.117. The van der Waals surface area contributed by atoms with E-state index in [9.17, 15) is 4.79 Å². The van der Waals surface area contributed by atoms with Crippen molar-refractivity contribution in [3.63, 3.8) is 0 Å². The van der Waals surface area contributed by atoms with E-state index in [0.29, 0.717) is 20.8 Å². The highest BCUT2D eigenvalue weighted by Gasteiger charge is 2.14. The Labute approximate surface area is 132 Å². The molecule has 1 aliphatic heterocycles. The van der Waals surface area contributed by atoms with Crippen molar-refractivity contribution < 1.29 is 9.53 Å². The number of piperidine rings is 1. The lowest BCUT2D eigenvalue weighted by Crippen LogP contribution is -2.46. The Morgan fingerprint density at radius 2 is 1.75 bits per heavy atom. The third-order valence-electron chi connectivity index (χ3n) is 2.97. The van der Waals surface area contributed by atoms with Gasteiger partial charge in [-0.25, -0.2) is 5.01 Å². The average molecular weight is 338 g/mol. The lowest BCUT2D eigenvalue weighted by molar-refractivity contribution is -0.128. The predicted octanol–water partition coefficient (Wildman–Crippen LogP) is 3.54. The molecule has 0 aliphatic carbocycles. The molecule has 2 rings (SSSR count). The highest BCUT2D eigenvalue weighted by Crippen LogP contribution is 2.33. The first-order chi connectivity index (χ1) is 9.56. The fraction of sp³-hybridized carbons (Fsp3) is 0.462. The van der Waals surface area contributed by atoms with Gasteiger partial charge in [0.15, 0.2) is 6.61 Å². The van der Waals surface area contributed by atoms with Gasteiger partial charge in [-0.15, -0.1) is 0 Å². The van der Waals surface area contributed by atoms with Crippen molar-refractivity contribution in [3.8, 4) is 5.75 Å². The molecule has 1 aromatic carbocycles. The molecule has 0 saturated carbocycles. The van der Waals surface area contributed by atoms with E-state index in [1.54, 1.807) is 0 Å². The molecule has 0 aromatic heterocycles. The van der Waals surface area contributed by atoms with Crippen molar-refractivity contribution >= 4 is 40.7 Å². The van der Waals surface area contributed by atoms with Crippen LogP contribution in [0.5, 0.6) is 5.75 Å². The Balaban J connectivity index is 1.85. The molecule has 1 saturated heterocycles. The molecule has 1 N–H and O–H groups in total. The fourth-order valence-electron chi connectivity index (χ4n) is 1.97. The first-order valence-electron chi connectivity index (χ1n) is 6.38. The number of carbonyl (C=O) groups excluding carboxylic acids is 1. The number of ether oxygens (including phenoxy) is 1. The lowest BCUT2D eigenvalue weighted by atomic mass is 10.2. The Morgan fingerprint density at radius 1 is 1.10 bits per heavy atom. The van der Waals surface area contributed by atoms with Crippen molar-refractivity contribution in [3.05, 3.63) is 27.2 Å². The number of nitrogens with zero attached hydrogens (tertiary/aromatic N) is 1. The third kappa shape index (κ3) is 4.42. The van der Waals surface area contributed by atoms with Crippen molar-refractivity contribution in [2.75, 3.05) is 19.7 Å². The summed E-state index contributed by atoms with van der Waals surface area (Å²) < 4.78 is 5.36. The number of hydrazine groups is 1. The minimum atomic E-state index is -0.214. The van der Waals surface area contributed by atoms with Crippen molar-refractivity contribution in [1.29, 1.82) is 0 Å². The average Bonchev–Trinajstić information content (AvgIpc) is 2.42. The molecule has 0 spiro atoms. The summed E-state index contributed by atoms with van der Waals surface area (Å²) in [5.74, 6) is 0.129. The number of amides is 1. The molecule has 7 heteroatoms. The summed E-state index contributed by atoms with van der Waals surface area (Å²) in [4.78, 5) is 11.8. The molecule has 110 valence electrons. The van der Waals surface area contributed by atoms with Gasteiger partial charge in [0.25, 0.3) is 5.91 Å². The molecule has 1 aromatic rings. The first kappa shape index (κ1) is 15.7. The van der Waals surface area contributed by atoms with E-state index in [1.165, 1.54) is 18.6 Å². The van der Waals surface area contributed by atoms with Crippen LogP contribution < -0.4 is 10.2 Å². The Bertz CT molecular complexity index is 491. The van der Waals surface area contributed by atoms with E-state index in [2.05, 4.69) is 5.43 Å². The molecule has 0 atom stereocenters. The van der Waals surface area contributed by atoms with E-state index in [-0.39, 0.29) is 12.5 Å². The van der Waals surface area contributed by atoms with Crippen LogP contribution in [0.2, 0.25) is 15.1 Å². The summed E-state index contributed by atoms with van der Waals surface area (Å²) >= 11 is 17.7. The molecule has 0 radical (unpaired) electrons. The molecule has 1 amide bonds. The predicted molar refractivity (Wildman–Crippen MR) is 80.5 cm³/mol. The smallest absolute Gasteiger partial charge is 0.272 e. The van der Waals surface area contributed by atoms with Crippen LogP contribution in [-0.2, 0) is 4.79 Å². The van der Waals surface area contributed by atoms with Crippen LogP contribution in [0.25, 0.3) is 0 Å². The second-order valence-corrected chi connectivity index (χ2v) is 5.79. The number of benzene rings is 1. The van der Waals surface area contributed by atoms with E-state index >= 15 is 0 Å². The van der Waals surface area contributed by atoms with Gasteiger partial charge in [-0.2, -0.15) is 0 Å². The molecule has 20 heavy (non-hydrogen) atoms. The van der Waals surface area contributed by atoms with Crippen LogP contribution in [0, 0.1) is 0 Å². The maximum absolute atomic E-state index is 11.8. The summed E-state index contributed by atoms with van der Waals surface area (Å²) in [5.41, 5.74) is 2.80. The van der Waals surface area contributed by atoms with Crippen LogP contribution >= 0.6 is 34.8 Å². The van der Waals surface area contributed by atoms with Crippen molar-refractivity contribution in [2.24, 2.45) is 0 Å². The zero-order chi connectivity index (χ0) is 14.5. The molecule has 0 bridgehead atoms. The number of carbonyl (C=O) groups is 1. The monoisotopic (exact) mass is 336 g/mol. The van der Waals surface area contributed by atoms with Crippen LogP contribution in [0.4, 0.5) is 0 Å². The SMILES string of the molecule is O=C(COc1cc(Cl)c(Cl)cc1Cl)NN1CCCCC1. The Kier molecular flexibility index (Phi) is 5.78. The van der Waals surface area contributed by atoms with E-state index in [1.807, 2.05) is 5.01 Å². The summed E-state index contributed by atoms with van der Waals surface area (Å²) in [6.45, 7) is 1.63. The molecule has 1 fully saturated rings. The van der Waals surface area contributed by atoms with E-state index < -0.39 is 0 Å². The summed E-state index contributed by atoms with van der Waals surface area (Å²) in [7, 11) is 0. The second-order valence-electron chi connectivity index (χ2n) is 4.57. The Hall–Kier alpha value is -0.680. The Morgan fingerprint density at radius 3 is 2.45 bits per heavy atom. The third-order valence-corrected chi connectivity index (χ3v) is 3.99. The van der Waals surface area contributed by atoms with Crippen LogP contribution in [-0.4, -0.2) is 30.6 Å². The molecule has 1 heterocycles. The van der Waals surface area contributed by atoms with Crippen LogP contribution in [0.15, 0.2) is 12.1 Å². The van der Waals surface area contributed by atoms with Gasteiger partial charge in [0.2, 0.25) is 0 Å². The number of hydrogen-bond donors (Lipinski definition) is 1. The van der Waals surface area contributed by atoms with E-state index in [0.717, 1.165) is 25.9 Å². The van der Waals surface area contributed by atoms with Crippen LogP contribution in [0.3, 0.4) is 0 Å². The molecular formula is C13H15Cl3N2O2. The first-order valence-corrected chi connectivity index (χ1v) is 7.51. The number of halogens is 3. The van der Waals surface area contributed by atoms with Gasteiger partial charge in [-0.3, -0.25) is 10.2 Å². The van der Waals surface area contributed by atoms with E-state index in [4.69, 9.17) is 39.5 Å². The van der Waals surface area contributed by atoms with Crippen LogP contribution in [0.1, 0.15) is 19.3 Å². The molecule has 0 unspecified atom stereocenters. The second kappa shape index (κ2) is 7.36. The standard InChI is InChI=1S/C13H15Cl3N2O2/c14-9-6-11(16)12(7-10(9)15)20-8-13(19)17-18-4-2-1-3-5-18/h6-7H,1-5,8H2,(H,17,19). The molecule has 1 aliphatic rings.